The number of phenolic OH excluding ortho intramolecular Hbond substituents is 1. The molecule has 0 radical (unpaired) electrons. The van der Waals surface area contributed by atoms with Crippen LogP contribution in [0, 0.1) is 3.57 Å². The van der Waals surface area contributed by atoms with Gasteiger partial charge in [-0.25, -0.2) is 0 Å². The highest BCUT2D eigenvalue weighted by molar-refractivity contribution is 14.1. The van der Waals surface area contributed by atoms with Gasteiger partial charge in [0.05, 0.1) is 10.2 Å². The normalized spacial score (nSPS) is 10.4. The zero-order valence-electron chi connectivity index (χ0n) is 9.16. The lowest BCUT2D eigenvalue weighted by Crippen LogP contribution is -1.97. The van der Waals surface area contributed by atoms with Crippen molar-refractivity contribution < 1.29 is 14.9 Å². The van der Waals surface area contributed by atoms with E-state index in [1.54, 1.807) is 12.1 Å². The maximum absolute atomic E-state index is 9.33. The summed E-state index contributed by atoms with van der Waals surface area (Å²) in [6.45, 7) is 0.962. The van der Waals surface area contributed by atoms with Gasteiger partial charge >= 0.3 is 0 Å². The number of rotatable bonds is 7. The van der Waals surface area contributed by atoms with Crippen molar-refractivity contribution in [1.82, 2.24) is 0 Å². The molecular weight excluding hydrogens is 319 g/mol. The van der Waals surface area contributed by atoms with E-state index in [-0.39, 0.29) is 12.4 Å². The number of aliphatic hydroxyl groups is 1. The molecule has 1 rings (SSSR count). The highest BCUT2D eigenvalue weighted by Crippen LogP contribution is 2.24. The van der Waals surface area contributed by atoms with Gasteiger partial charge in [-0.3, -0.25) is 0 Å². The minimum absolute atomic E-state index is 0.275. The van der Waals surface area contributed by atoms with Gasteiger partial charge in [0.2, 0.25) is 0 Å². The van der Waals surface area contributed by atoms with Crippen molar-refractivity contribution in [3.05, 3.63) is 21.8 Å². The maximum atomic E-state index is 9.33. The van der Waals surface area contributed by atoms with Crippen LogP contribution in [0.25, 0.3) is 0 Å². The molecule has 0 fully saturated rings. The molecule has 0 atom stereocenters. The van der Waals surface area contributed by atoms with E-state index in [9.17, 15) is 5.11 Å². The van der Waals surface area contributed by atoms with Crippen LogP contribution in [0.15, 0.2) is 18.2 Å². The predicted molar refractivity (Wildman–Crippen MR) is 71.9 cm³/mol. The van der Waals surface area contributed by atoms with Crippen molar-refractivity contribution in [1.29, 1.82) is 0 Å². The number of aromatic hydroxyl groups is 1. The number of phenols is 1. The number of ether oxygens (including phenoxy) is 1. The second kappa shape index (κ2) is 7.73. The third-order valence-corrected chi connectivity index (χ3v) is 3.10. The molecule has 0 unspecified atom stereocenters. The first-order valence-electron chi connectivity index (χ1n) is 5.46. The Morgan fingerprint density at radius 2 is 1.88 bits per heavy atom. The number of benzene rings is 1. The molecule has 1 aromatic carbocycles. The Balaban J connectivity index is 2.19. The fraction of sp³-hybridized carbons (Fsp3) is 0.500. The summed E-state index contributed by atoms with van der Waals surface area (Å²) in [6, 6.07) is 5.23. The molecule has 0 aliphatic rings. The number of aliphatic hydroxyl groups excluding tert-OH is 1. The Morgan fingerprint density at radius 1 is 1.12 bits per heavy atom. The Kier molecular flexibility index (Phi) is 6.56. The fourth-order valence-electron chi connectivity index (χ4n) is 1.33. The standard InChI is InChI=1S/C12H17IO3/c13-11-9-10(5-6-12(11)15)16-8-4-2-1-3-7-14/h5-6,9,14-15H,1-4,7-8H2. The molecule has 0 heterocycles. The monoisotopic (exact) mass is 336 g/mol. The molecule has 0 saturated carbocycles. The second-order valence-electron chi connectivity index (χ2n) is 3.60. The van der Waals surface area contributed by atoms with Crippen LogP contribution in [0.3, 0.4) is 0 Å². The minimum atomic E-state index is 0.275. The quantitative estimate of drug-likeness (QED) is 0.595. The summed E-state index contributed by atoms with van der Waals surface area (Å²) < 4.78 is 6.34. The summed E-state index contributed by atoms with van der Waals surface area (Å²) in [5.74, 6) is 1.08. The molecule has 16 heavy (non-hydrogen) atoms. The third kappa shape index (κ3) is 5.03. The van der Waals surface area contributed by atoms with Gasteiger partial charge in [-0.05, 0) is 60.1 Å². The van der Waals surface area contributed by atoms with E-state index in [0.29, 0.717) is 6.61 Å². The topological polar surface area (TPSA) is 49.7 Å². The molecule has 0 amide bonds. The zero-order valence-corrected chi connectivity index (χ0v) is 11.3. The smallest absolute Gasteiger partial charge is 0.129 e. The van der Waals surface area contributed by atoms with Crippen molar-refractivity contribution in [2.24, 2.45) is 0 Å². The Labute approximate surface area is 110 Å². The van der Waals surface area contributed by atoms with Crippen molar-refractivity contribution >= 4 is 22.6 Å². The van der Waals surface area contributed by atoms with Crippen LogP contribution in [0.5, 0.6) is 11.5 Å². The lowest BCUT2D eigenvalue weighted by molar-refractivity contribution is 0.273. The average molecular weight is 336 g/mol. The maximum Gasteiger partial charge on any atom is 0.129 e. The summed E-state index contributed by atoms with van der Waals surface area (Å²) in [6.07, 6.45) is 4.00. The van der Waals surface area contributed by atoms with Gasteiger partial charge in [0, 0.05) is 6.61 Å². The summed E-state index contributed by atoms with van der Waals surface area (Å²) >= 11 is 2.07. The van der Waals surface area contributed by atoms with E-state index in [2.05, 4.69) is 22.6 Å². The molecule has 0 aliphatic heterocycles. The van der Waals surface area contributed by atoms with E-state index in [1.807, 2.05) is 6.07 Å². The van der Waals surface area contributed by atoms with E-state index in [0.717, 1.165) is 35.0 Å². The Bertz CT molecular complexity index is 315. The predicted octanol–water partition coefficient (Wildman–Crippen LogP) is 2.93. The van der Waals surface area contributed by atoms with Crippen molar-refractivity contribution in [2.45, 2.75) is 25.7 Å². The van der Waals surface area contributed by atoms with Gasteiger partial charge in [-0.2, -0.15) is 0 Å². The van der Waals surface area contributed by atoms with E-state index in [1.165, 1.54) is 0 Å². The van der Waals surface area contributed by atoms with Gasteiger partial charge in [-0.15, -0.1) is 0 Å². The SMILES string of the molecule is OCCCCCCOc1ccc(O)c(I)c1. The molecule has 0 aliphatic carbocycles. The fourth-order valence-corrected chi connectivity index (χ4v) is 1.82. The number of unbranched alkanes of at least 4 members (excludes halogenated alkanes) is 3. The highest BCUT2D eigenvalue weighted by Gasteiger charge is 1.99. The van der Waals surface area contributed by atoms with E-state index < -0.39 is 0 Å². The molecule has 1 aromatic rings. The van der Waals surface area contributed by atoms with Crippen molar-refractivity contribution in [3.8, 4) is 11.5 Å². The summed E-state index contributed by atoms with van der Waals surface area (Å²) in [5, 5.41) is 17.9. The van der Waals surface area contributed by atoms with Gasteiger partial charge in [0.25, 0.3) is 0 Å². The van der Waals surface area contributed by atoms with Crippen LogP contribution >= 0.6 is 22.6 Å². The van der Waals surface area contributed by atoms with E-state index >= 15 is 0 Å². The van der Waals surface area contributed by atoms with E-state index in [4.69, 9.17) is 9.84 Å². The van der Waals surface area contributed by atoms with Crippen LogP contribution in [0.4, 0.5) is 0 Å². The molecular formula is C12H17IO3. The molecule has 0 spiro atoms. The lowest BCUT2D eigenvalue weighted by atomic mass is 10.2. The van der Waals surface area contributed by atoms with Crippen LogP contribution in [-0.2, 0) is 0 Å². The number of hydrogen-bond donors (Lipinski definition) is 2. The summed E-state index contributed by atoms with van der Waals surface area (Å²) in [5.41, 5.74) is 0. The molecule has 4 heteroatoms. The molecule has 2 N–H and O–H groups in total. The first-order valence-corrected chi connectivity index (χ1v) is 6.54. The van der Waals surface area contributed by atoms with Gasteiger partial charge < -0.3 is 14.9 Å². The second-order valence-corrected chi connectivity index (χ2v) is 4.76. The van der Waals surface area contributed by atoms with Gasteiger partial charge in [-0.1, -0.05) is 6.42 Å². The number of hydrogen-bond acceptors (Lipinski definition) is 3. The Hall–Kier alpha value is -0.490. The molecule has 90 valence electrons. The van der Waals surface area contributed by atoms with Gasteiger partial charge in [0.1, 0.15) is 11.5 Å². The minimum Gasteiger partial charge on any atom is -0.507 e. The molecule has 3 nitrogen and oxygen atoms in total. The van der Waals surface area contributed by atoms with Gasteiger partial charge in [0.15, 0.2) is 0 Å². The van der Waals surface area contributed by atoms with Crippen molar-refractivity contribution in [2.75, 3.05) is 13.2 Å². The summed E-state index contributed by atoms with van der Waals surface area (Å²) in [7, 11) is 0. The van der Waals surface area contributed by atoms with Crippen LogP contribution in [0.2, 0.25) is 0 Å². The largest absolute Gasteiger partial charge is 0.507 e. The van der Waals surface area contributed by atoms with Crippen LogP contribution < -0.4 is 4.74 Å². The molecule has 0 bridgehead atoms. The highest BCUT2D eigenvalue weighted by atomic mass is 127. The lowest BCUT2D eigenvalue weighted by Gasteiger charge is -2.06. The summed E-state index contributed by atoms with van der Waals surface area (Å²) in [4.78, 5) is 0. The van der Waals surface area contributed by atoms with Crippen LogP contribution in [0.1, 0.15) is 25.7 Å². The third-order valence-electron chi connectivity index (χ3n) is 2.24. The Morgan fingerprint density at radius 3 is 2.56 bits per heavy atom. The molecule has 0 saturated heterocycles. The molecule has 0 aromatic heterocycles. The first kappa shape index (κ1) is 13.6. The van der Waals surface area contributed by atoms with Crippen LogP contribution in [-0.4, -0.2) is 23.4 Å². The van der Waals surface area contributed by atoms with Crippen molar-refractivity contribution in [3.63, 3.8) is 0 Å². The average Bonchev–Trinajstić information content (AvgIpc) is 2.28. The first-order chi connectivity index (χ1) is 7.74. The zero-order chi connectivity index (χ0) is 11.8. The number of halogens is 1.